The van der Waals surface area contributed by atoms with Crippen molar-refractivity contribution in [3.63, 3.8) is 0 Å². The zero-order valence-electron chi connectivity index (χ0n) is 17.0. The molecule has 154 valence electrons. The Hall–Kier alpha value is -1.34. The zero-order valence-corrected chi connectivity index (χ0v) is 17.0. The van der Waals surface area contributed by atoms with Crippen molar-refractivity contribution in [2.45, 2.75) is 45.6 Å². The van der Waals surface area contributed by atoms with Gasteiger partial charge >= 0.3 is 6.03 Å². The van der Waals surface area contributed by atoms with E-state index >= 15 is 0 Å². The molecule has 7 nitrogen and oxygen atoms in total. The maximum atomic E-state index is 12.7. The molecule has 3 fully saturated rings. The number of nitrogens with zero attached hydrogens (tertiary/aromatic N) is 3. The summed E-state index contributed by atoms with van der Waals surface area (Å²) in [6, 6.07) is 0.522. The SMILES string of the molecule is CC(C)[C@@H](CNC(=O)C1CCN(C(=O)N2CCCC2)CC1)N1CCOCC1. The Kier molecular flexibility index (Phi) is 7.35. The molecule has 3 aliphatic rings. The van der Waals surface area contributed by atoms with Crippen LogP contribution in [0.4, 0.5) is 4.79 Å². The average molecular weight is 381 g/mol. The van der Waals surface area contributed by atoms with Gasteiger partial charge in [-0.25, -0.2) is 4.79 Å². The first-order valence-corrected chi connectivity index (χ1v) is 10.7. The van der Waals surface area contributed by atoms with Crippen molar-refractivity contribution in [1.29, 1.82) is 0 Å². The predicted octanol–water partition coefficient (Wildman–Crippen LogP) is 1.39. The van der Waals surface area contributed by atoms with Crippen LogP contribution in [0.2, 0.25) is 0 Å². The van der Waals surface area contributed by atoms with Crippen LogP contribution in [0.5, 0.6) is 0 Å². The highest BCUT2D eigenvalue weighted by Crippen LogP contribution is 2.20. The lowest BCUT2D eigenvalue weighted by Crippen LogP contribution is -2.52. The van der Waals surface area contributed by atoms with Crippen LogP contribution in [0.25, 0.3) is 0 Å². The van der Waals surface area contributed by atoms with Gasteiger partial charge in [-0.05, 0) is 31.6 Å². The van der Waals surface area contributed by atoms with Crippen molar-refractivity contribution >= 4 is 11.9 Å². The number of rotatable bonds is 5. The van der Waals surface area contributed by atoms with E-state index < -0.39 is 0 Å². The maximum Gasteiger partial charge on any atom is 0.319 e. The summed E-state index contributed by atoms with van der Waals surface area (Å²) in [5, 5.41) is 3.19. The Morgan fingerprint density at radius 3 is 2.15 bits per heavy atom. The highest BCUT2D eigenvalue weighted by molar-refractivity contribution is 5.79. The molecule has 0 aromatic rings. The quantitative estimate of drug-likeness (QED) is 0.783. The first kappa shape index (κ1) is 20.4. The highest BCUT2D eigenvalue weighted by Gasteiger charge is 2.31. The number of hydrogen-bond acceptors (Lipinski definition) is 4. The molecule has 1 atom stereocenters. The molecule has 0 aromatic heterocycles. The van der Waals surface area contributed by atoms with Gasteiger partial charge in [0.2, 0.25) is 5.91 Å². The Bertz CT molecular complexity index is 493. The zero-order chi connectivity index (χ0) is 19.2. The summed E-state index contributed by atoms with van der Waals surface area (Å²) in [7, 11) is 0. The third-order valence-corrected chi connectivity index (χ3v) is 6.28. The summed E-state index contributed by atoms with van der Waals surface area (Å²) in [6.07, 6.45) is 3.78. The fourth-order valence-electron chi connectivity index (χ4n) is 4.49. The van der Waals surface area contributed by atoms with Crippen molar-refractivity contribution in [2.75, 3.05) is 59.0 Å². The molecule has 7 heteroatoms. The average Bonchev–Trinajstić information content (AvgIpc) is 3.23. The molecule has 3 amide bonds. The molecule has 0 aromatic carbocycles. The molecule has 0 spiro atoms. The molecule has 27 heavy (non-hydrogen) atoms. The summed E-state index contributed by atoms with van der Waals surface area (Å²) in [5.74, 6) is 0.677. The van der Waals surface area contributed by atoms with Crippen molar-refractivity contribution in [3.05, 3.63) is 0 Å². The van der Waals surface area contributed by atoms with Crippen LogP contribution in [0.3, 0.4) is 0 Å². The lowest BCUT2D eigenvalue weighted by molar-refractivity contribution is -0.126. The number of carbonyl (C=O) groups is 2. The van der Waals surface area contributed by atoms with Gasteiger partial charge < -0.3 is 19.9 Å². The largest absolute Gasteiger partial charge is 0.379 e. The molecule has 0 radical (unpaired) electrons. The number of amides is 3. The molecule has 1 N–H and O–H groups in total. The van der Waals surface area contributed by atoms with Crippen molar-refractivity contribution in [3.8, 4) is 0 Å². The standard InChI is InChI=1S/C20H36N4O3/c1-16(2)18(22-11-13-27-14-12-22)15-21-19(25)17-5-9-24(10-6-17)20(26)23-7-3-4-8-23/h16-18H,3-15H2,1-2H3,(H,21,25)/t18-/m1/s1. The third-order valence-electron chi connectivity index (χ3n) is 6.28. The normalized spacial score (nSPS) is 23.7. The molecule has 3 aliphatic heterocycles. The lowest BCUT2D eigenvalue weighted by Gasteiger charge is -2.37. The Morgan fingerprint density at radius 2 is 1.56 bits per heavy atom. The Labute approximate surface area is 163 Å². The van der Waals surface area contributed by atoms with Crippen LogP contribution >= 0.6 is 0 Å². The number of likely N-dealkylation sites (tertiary alicyclic amines) is 2. The van der Waals surface area contributed by atoms with E-state index in [2.05, 4.69) is 24.1 Å². The molecule has 3 rings (SSSR count). The van der Waals surface area contributed by atoms with Crippen molar-refractivity contribution in [1.82, 2.24) is 20.0 Å². The van der Waals surface area contributed by atoms with Crippen LogP contribution in [-0.4, -0.2) is 91.7 Å². The van der Waals surface area contributed by atoms with Gasteiger partial charge in [0.15, 0.2) is 0 Å². The molecule has 0 saturated carbocycles. The van der Waals surface area contributed by atoms with E-state index in [0.29, 0.717) is 31.6 Å². The van der Waals surface area contributed by atoms with E-state index in [1.807, 2.05) is 9.80 Å². The smallest absolute Gasteiger partial charge is 0.319 e. The van der Waals surface area contributed by atoms with Crippen LogP contribution < -0.4 is 5.32 Å². The summed E-state index contributed by atoms with van der Waals surface area (Å²) in [4.78, 5) is 31.5. The second kappa shape index (κ2) is 9.73. The number of urea groups is 1. The minimum Gasteiger partial charge on any atom is -0.379 e. The highest BCUT2D eigenvalue weighted by atomic mass is 16.5. The van der Waals surface area contributed by atoms with Gasteiger partial charge in [0.1, 0.15) is 0 Å². The number of piperidine rings is 1. The number of morpholine rings is 1. The maximum absolute atomic E-state index is 12.7. The lowest BCUT2D eigenvalue weighted by atomic mass is 9.95. The van der Waals surface area contributed by atoms with Crippen molar-refractivity contribution in [2.24, 2.45) is 11.8 Å². The summed E-state index contributed by atoms with van der Waals surface area (Å²) < 4.78 is 5.45. The second-order valence-corrected chi connectivity index (χ2v) is 8.44. The topological polar surface area (TPSA) is 65.1 Å². The minimum absolute atomic E-state index is 0.0325. The summed E-state index contributed by atoms with van der Waals surface area (Å²) in [6.45, 7) is 11.7. The first-order valence-electron chi connectivity index (χ1n) is 10.7. The fraction of sp³-hybridized carbons (Fsp3) is 0.900. The number of carbonyl (C=O) groups excluding carboxylic acids is 2. The molecule has 3 saturated heterocycles. The number of nitrogens with one attached hydrogen (secondary N) is 1. The van der Waals surface area contributed by atoms with Crippen LogP contribution in [0, 0.1) is 11.8 Å². The van der Waals surface area contributed by atoms with E-state index in [4.69, 9.17) is 4.74 Å². The van der Waals surface area contributed by atoms with Gasteiger partial charge in [-0.3, -0.25) is 9.69 Å². The van der Waals surface area contributed by atoms with E-state index in [0.717, 1.165) is 65.1 Å². The van der Waals surface area contributed by atoms with E-state index in [-0.39, 0.29) is 17.9 Å². The molecular weight excluding hydrogens is 344 g/mol. The van der Waals surface area contributed by atoms with Gasteiger partial charge in [-0.1, -0.05) is 13.8 Å². The summed E-state index contributed by atoms with van der Waals surface area (Å²) >= 11 is 0. The third kappa shape index (κ3) is 5.35. The van der Waals surface area contributed by atoms with Gasteiger partial charge in [0.05, 0.1) is 13.2 Å². The van der Waals surface area contributed by atoms with E-state index in [9.17, 15) is 9.59 Å². The number of ether oxygens (including phenoxy) is 1. The fourth-order valence-corrected chi connectivity index (χ4v) is 4.49. The van der Waals surface area contributed by atoms with Crippen LogP contribution in [0.1, 0.15) is 39.5 Å². The minimum atomic E-state index is 0.0325. The first-order chi connectivity index (χ1) is 13.1. The molecule has 0 unspecified atom stereocenters. The predicted molar refractivity (Wildman–Crippen MR) is 105 cm³/mol. The Balaban J connectivity index is 1.42. The molecular formula is C20H36N4O3. The monoisotopic (exact) mass is 380 g/mol. The molecule has 0 bridgehead atoms. The van der Waals surface area contributed by atoms with Crippen LogP contribution in [-0.2, 0) is 9.53 Å². The van der Waals surface area contributed by atoms with Gasteiger partial charge in [-0.2, -0.15) is 0 Å². The van der Waals surface area contributed by atoms with E-state index in [1.165, 1.54) is 0 Å². The van der Waals surface area contributed by atoms with Crippen LogP contribution in [0.15, 0.2) is 0 Å². The Morgan fingerprint density at radius 1 is 0.963 bits per heavy atom. The molecule has 3 heterocycles. The van der Waals surface area contributed by atoms with Gasteiger partial charge in [0.25, 0.3) is 0 Å². The van der Waals surface area contributed by atoms with Crippen molar-refractivity contribution < 1.29 is 14.3 Å². The van der Waals surface area contributed by atoms with Gasteiger partial charge in [0, 0.05) is 57.8 Å². The summed E-state index contributed by atoms with van der Waals surface area (Å²) in [5.41, 5.74) is 0. The van der Waals surface area contributed by atoms with E-state index in [1.54, 1.807) is 0 Å². The number of hydrogen-bond donors (Lipinski definition) is 1. The second-order valence-electron chi connectivity index (χ2n) is 8.44. The van der Waals surface area contributed by atoms with Gasteiger partial charge in [-0.15, -0.1) is 0 Å². The molecule has 0 aliphatic carbocycles.